The highest BCUT2D eigenvalue weighted by molar-refractivity contribution is 6.05. The maximum Gasteiger partial charge on any atom is 0.247 e. The second-order valence-corrected chi connectivity index (χ2v) is 9.85. The van der Waals surface area contributed by atoms with Gasteiger partial charge < -0.3 is 14.4 Å². The minimum Gasteiger partial charge on any atom is -0.454 e. The smallest absolute Gasteiger partial charge is 0.247 e. The van der Waals surface area contributed by atoms with E-state index in [1.54, 1.807) is 4.90 Å². The van der Waals surface area contributed by atoms with Crippen molar-refractivity contribution in [2.45, 2.75) is 38.4 Å². The Morgan fingerprint density at radius 3 is 2.28 bits per heavy atom. The van der Waals surface area contributed by atoms with Crippen molar-refractivity contribution in [3.63, 3.8) is 0 Å². The summed E-state index contributed by atoms with van der Waals surface area (Å²) in [7, 11) is 0. The quantitative estimate of drug-likeness (QED) is 0.573. The number of ether oxygens (including phenoxy) is 2. The Labute approximate surface area is 210 Å². The van der Waals surface area contributed by atoms with Crippen molar-refractivity contribution in [1.82, 2.24) is 14.7 Å². The fraction of sp³-hybridized carbons (Fsp3) is 0.444. The van der Waals surface area contributed by atoms with Crippen LogP contribution in [0.5, 0.6) is 11.5 Å². The van der Waals surface area contributed by atoms with Gasteiger partial charge in [0.1, 0.15) is 0 Å². The Balaban J connectivity index is 1.03. The molecule has 3 fully saturated rings. The second kappa shape index (κ2) is 9.55. The molecule has 1 atom stereocenters. The molecule has 0 spiro atoms. The summed E-state index contributed by atoms with van der Waals surface area (Å²) in [6.45, 7) is 5.27. The van der Waals surface area contributed by atoms with E-state index >= 15 is 0 Å². The van der Waals surface area contributed by atoms with Gasteiger partial charge in [0.15, 0.2) is 11.5 Å². The highest BCUT2D eigenvalue weighted by Gasteiger charge is 2.42. The van der Waals surface area contributed by atoms with Crippen LogP contribution in [0, 0.1) is 0 Å². The lowest BCUT2D eigenvalue weighted by molar-refractivity contribution is -0.140. The Morgan fingerprint density at radius 2 is 1.53 bits per heavy atom. The minimum absolute atomic E-state index is 0.108. The van der Waals surface area contributed by atoms with E-state index in [2.05, 4.69) is 15.9 Å². The normalized spacial score (nSPS) is 22.8. The molecule has 0 unspecified atom stereocenters. The van der Waals surface area contributed by atoms with Crippen molar-refractivity contribution < 1.29 is 23.9 Å². The first-order chi connectivity index (χ1) is 17.5. The average molecular weight is 491 g/mol. The molecule has 3 amide bonds. The lowest BCUT2D eigenvalue weighted by Crippen LogP contribution is -2.52. The molecule has 0 bridgehead atoms. The molecule has 9 heteroatoms. The van der Waals surface area contributed by atoms with Crippen LogP contribution in [0.3, 0.4) is 0 Å². The Hall–Kier alpha value is -3.43. The second-order valence-electron chi connectivity index (χ2n) is 9.85. The minimum atomic E-state index is -0.383. The molecule has 2 aromatic carbocycles. The number of carbonyl (C=O) groups is 3. The zero-order valence-electron chi connectivity index (χ0n) is 20.2. The molecule has 188 valence electrons. The molecule has 0 saturated carbocycles. The van der Waals surface area contributed by atoms with Crippen molar-refractivity contribution >= 4 is 23.4 Å². The highest BCUT2D eigenvalue weighted by atomic mass is 16.7. The van der Waals surface area contributed by atoms with E-state index < -0.39 is 0 Å². The van der Waals surface area contributed by atoms with Crippen LogP contribution in [-0.2, 0) is 27.5 Å². The molecule has 3 saturated heterocycles. The number of fused-ring (bicyclic) bond motifs is 1. The largest absolute Gasteiger partial charge is 0.454 e. The standard InChI is InChI=1S/C27H30N4O5/c32-25-2-1-9-30(25)21-6-3-19(4-7-21)17-31-26(33)15-22(27(31)34)29-12-10-28(11-13-29)16-20-5-8-23-24(14-20)36-18-35-23/h3-8,14,22H,1-2,9-13,15-18H2/t22-/m1/s1. The molecule has 6 rings (SSSR count). The van der Waals surface area contributed by atoms with E-state index in [1.807, 2.05) is 36.4 Å². The number of likely N-dealkylation sites (tertiary alicyclic amines) is 1. The molecule has 4 aliphatic heterocycles. The van der Waals surface area contributed by atoms with Gasteiger partial charge in [-0.1, -0.05) is 18.2 Å². The van der Waals surface area contributed by atoms with E-state index in [1.165, 1.54) is 10.5 Å². The molecule has 0 aliphatic carbocycles. The van der Waals surface area contributed by atoms with Gasteiger partial charge in [0.2, 0.25) is 24.5 Å². The maximum atomic E-state index is 13.2. The Kier molecular flexibility index (Phi) is 6.10. The first kappa shape index (κ1) is 23.0. The third kappa shape index (κ3) is 4.44. The van der Waals surface area contributed by atoms with Gasteiger partial charge in [-0.15, -0.1) is 0 Å². The number of hydrogen-bond acceptors (Lipinski definition) is 7. The lowest BCUT2D eigenvalue weighted by Gasteiger charge is -2.37. The molecule has 0 radical (unpaired) electrons. The van der Waals surface area contributed by atoms with Crippen molar-refractivity contribution in [3.05, 3.63) is 53.6 Å². The zero-order valence-corrected chi connectivity index (χ0v) is 20.2. The number of rotatable bonds is 6. The summed E-state index contributed by atoms with van der Waals surface area (Å²) in [6.07, 6.45) is 1.71. The molecule has 0 aromatic heterocycles. The average Bonchev–Trinajstić information content (AvgIpc) is 3.60. The number of nitrogens with zero attached hydrogens (tertiary/aromatic N) is 4. The SMILES string of the molecule is O=C1C[C@@H](N2CCN(Cc3ccc4c(c3)OCO4)CC2)C(=O)N1Cc1ccc(N2CCCC2=O)cc1. The van der Waals surface area contributed by atoms with Gasteiger partial charge in [-0.3, -0.25) is 29.1 Å². The van der Waals surface area contributed by atoms with Gasteiger partial charge in [0.05, 0.1) is 19.0 Å². The maximum absolute atomic E-state index is 13.2. The number of hydrogen-bond donors (Lipinski definition) is 0. The third-order valence-electron chi connectivity index (χ3n) is 7.57. The van der Waals surface area contributed by atoms with Crippen LogP contribution in [0.2, 0.25) is 0 Å². The number of benzene rings is 2. The molecular formula is C27H30N4O5. The predicted molar refractivity (Wildman–Crippen MR) is 131 cm³/mol. The van der Waals surface area contributed by atoms with Crippen LogP contribution >= 0.6 is 0 Å². The van der Waals surface area contributed by atoms with E-state index in [0.29, 0.717) is 6.42 Å². The van der Waals surface area contributed by atoms with Crippen LogP contribution in [0.25, 0.3) is 0 Å². The fourth-order valence-corrected chi connectivity index (χ4v) is 5.53. The molecule has 36 heavy (non-hydrogen) atoms. The summed E-state index contributed by atoms with van der Waals surface area (Å²) in [5.74, 6) is 1.50. The zero-order chi connectivity index (χ0) is 24.6. The van der Waals surface area contributed by atoms with Crippen LogP contribution in [0.4, 0.5) is 5.69 Å². The number of imide groups is 1. The monoisotopic (exact) mass is 490 g/mol. The number of amides is 3. The number of piperazine rings is 1. The Bertz CT molecular complexity index is 1180. The molecule has 2 aromatic rings. The third-order valence-corrected chi connectivity index (χ3v) is 7.57. The van der Waals surface area contributed by atoms with E-state index in [-0.39, 0.29) is 43.5 Å². The van der Waals surface area contributed by atoms with Crippen LogP contribution < -0.4 is 14.4 Å². The van der Waals surface area contributed by atoms with Gasteiger partial charge in [-0.05, 0) is 41.8 Å². The molecule has 9 nitrogen and oxygen atoms in total. The van der Waals surface area contributed by atoms with Crippen LogP contribution in [0.1, 0.15) is 30.4 Å². The number of carbonyl (C=O) groups excluding carboxylic acids is 3. The molecule has 4 heterocycles. The van der Waals surface area contributed by atoms with Gasteiger partial charge in [0.25, 0.3) is 0 Å². The topological polar surface area (TPSA) is 82.6 Å². The summed E-state index contributed by atoms with van der Waals surface area (Å²) in [5.41, 5.74) is 2.93. The summed E-state index contributed by atoms with van der Waals surface area (Å²) in [6, 6.07) is 13.3. The highest BCUT2D eigenvalue weighted by Crippen LogP contribution is 2.33. The van der Waals surface area contributed by atoms with Gasteiger partial charge in [0, 0.05) is 51.4 Å². The van der Waals surface area contributed by atoms with Gasteiger partial charge in [-0.25, -0.2) is 0 Å². The predicted octanol–water partition coefficient (Wildman–Crippen LogP) is 1.99. The van der Waals surface area contributed by atoms with Crippen LogP contribution in [-0.4, -0.2) is 78.0 Å². The summed E-state index contributed by atoms with van der Waals surface area (Å²) >= 11 is 0. The fourth-order valence-electron chi connectivity index (χ4n) is 5.53. The molecule has 4 aliphatic rings. The first-order valence-corrected chi connectivity index (χ1v) is 12.6. The Morgan fingerprint density at radius 1 is 0.778 bits per heavy atom. The van der Waals surface area contributed by atoms with E-state index in [9.17, 15) is 14.4 Å². The lowest BCUT2D eigenvalue weighted by atomic mass is 10.1. The number of anilines is 1. The van der Waals surface area contributed by atoms with Crippen molar-refractivity contribution in [2.75, 3.05) is 44.4 Å². The molecule has 0 N–H and O–H groups in total. The van der Waals surface area contributed by atoms with Gasteiger partial charge >= 0.3 is 0 Å². The summed E-state index contributed by atoms with van der Waals surface area (Å²) in [4.78, 5) is 45.6. The summed E-state index contributed by atoms with van der Waals surface area (Å²) in [5, 5.41) is 0. The van der Waals surface area contributed by atoms with Crippen molar-refractivity contribution in [2.24, 2.45) is 0 Å². The van der Waals surface area contributed by atoms with Crippen molar-refractivity contribution in [1.29, 1.82) is 0 Å². The van der Waals surface area contributed by atoms with E-state index in [0.717, 1.165) is 68.4 Å². The van der Waals surface area contributed by atoms with E-state index in [4.69, 9.17) is 9.47 Å². The molecular weight excluding hydrogens is 460 g/mol. The summed E-state index contributed by atoms with van der Waals surface area (Å²) < 4.78 is 10.9. The van der Waals surface area contributed by atoms with Crippen molar-refractivity contribution in [3.8, 4) is 11.5 Å². The van der Waals surface area contributed by atoms with Gasteiger partial charge in [-0.2, -0.15) is 0 Å². The first-order valence-electron chi connectivity index (χ1n) is 12.6. The van der Waals surface area contributed by atoms with Crippen LogP contribution in [0.15, 0.2) is 42.5 Å².